The lowest BCUT2D eigenvalue weighted by atomic mass is 10.1. The molecule has 1 N–H and O–H groups in total. The summed E-state index contributed by atoms with van der Waals surface area (Å²) in [5.41, 5.74) is 6.48. The number of anilines is 1. The Bertz CT molecular complexity index is 903. The van der Waals surface area contributed by atoms with E-state index in [2.05, 4.69) is 38.2 Å². The first-order chi connectivity index (χ1) is 12.4. The van der Waals surface area contributed by atoms with E-state index in [1.165, 1.54) is 22.5 Å². The van der Waals surface area contributed by atoms with E-state index in [1.54, 1.807) is 0 Å². The molecule has 0 aliphatic heterocycles. The topological polar surface area (TPSA) is 38.3 Å². The van der Waals surface area contributed by atoms with Crippen molar-refractivity contribution in [3.05, 3.63) is 80.5 Å². The van der Waals surface area contributed by atoms with Gasteiger partial charge in [0, 0.05) is 11.3 Å². The van der Waals surface area contributed by atoms with Gasteiger partial charge in [0.15, 0.2) is 0 Å². The van der Waals surface area contributed by atoms with Crippen LogP contribution in [0, 0.1) is 27.7 Å². The SMILES string of the molecule is Cc1ccc(NC(=O)c2cc(COc3c(C)cc(C)cc3C)cs2)cc1. The molecular formula is C22H23NO2S. The van der Waals surface area contributed by atoms with E-state index in [9.17, 15) is 4.79 Å². The first kappa shape index (κ1) is 18.2. The van der Waals surface area contributed by atoms with Crippen LogP contribution in [0.2, 0.25) is 0 Å². The van der Waals surface area contributed by atoms with E-state index < -0.39 is 0 Å². The van der Waals surface area contributed by atoms with Crippen molar-refractivity contribution in [2.24, 2.45) is 0 Å². The lowest BCUT2D eigenvalue weighted by Crippen LogP contribution is -2.10. The number of hydrogen-bond donors (Lipinski definition) is 1. The number of hydrogen-bond acceptors (Lipinski definition) is 3. The molecule has 0 aliphatic rings. The molecule has 0 spiro atoms. The van der Waals surface area contributed by atoms with Gasteiger partial charge >= 0.3 is 0 Å². The first-order valence-electron chi connectivity index (χ1n) is 8.58. The lowest BCUT2D eigenvalue weighted by molar-refractivity contribution is 0.103. The van der Waals surface area contributed by atoms with E-state index in [0.29, 0.717) is 11.5 Å². The average Bonchev–Trinajstić information content (AvgIpc) is 3.05. The van der Waals surface area contributed by atoms with Crippen LogP contribution < -0.4 is 10.1 Å². The predicted octanol–water partition coefficient (Wildman–Crippen LogP) is 5.81. The minimum absolute atomic E-state index is 0.0900. The molecule has 26 heavy (non-hydrogen) atoms. The molecule has 2 aromatic carbocycles. The number of carbonyl (C=O) groups excluding carboxylic acids is 1. The van der Waals surface area contributed by atoms with Gasteiger partial charge in [-0.1, -0.05) is 35.4 Å². The Morgan fingerprint density at radius 2 is 1.62 bits per heavy atom. The molecule has 3 nitrogen and oxygen atoms in total. The van der Waals surface area contributed by atoms with Crippen molar-refractivity contribution >= 4 is 22.9 Å². The van der Waals surface area contributed by atoms with Gasteiger partial charge in [-0.25, -0.2) is 0 Å². The van der Waals surface area contributed by atoms with E-state index in [-0.39, 0.29) is 5.91 Å². The van der Waals surface area contributed by atoms with Gasteiger partial charge in [0.2, 0.25) is 0 Å². The summed E-state index contributed by atoms with van der Waals surface area (Å²) in [4.78, 5) is 13.1. The third kappa shape index (κ3) is 4.33. The Morgan fingerprint density at radius 3 is 2.27 bits per heavy atom. The van der Waals surface area contributed by atoms with E-state index in [0.717, 1.165) is 28.1 Å². The van der Waals surface area contributed by atoms with Gasteiger partial charge in [-0.15, -0.1) is 11.3 Å². The van der Waals surface area contributed by atoms with Crippen LogP contribution >= 0.6 is 11.3 Å². The molecule has 1 amide bonds. The monoisotopic (exact) mass is 365 g/mol. The second-order valence-electron chi connectivity index (χ2n) is 6.66. The number of thiophene rings is 1. The maximum atomic E-state index is 12.4. The summed E-state index contributed by atoms with van der Waals surface area (Å²) < 4.78 is 6.01. The summed E-state index contributed by atoms with van der Waals surface area (Å²) in [6.45, 7) is 8.68. The summed E-state index contributed by atoms with van der Waals surface area (Å²) in [5, 5.41) is 4.90. The van der Waals surface area contributed by atoms with Crippen molar-refractivity contribution in [2.75, 3.05) is 5.32 Å². The quantitative estimate of drug-likeness (QED) is 0.619. The fraction of sp³-hybridized carbons (Fsp3) is 0.227. The van der Waals surface area contributed by atoms with Crippen LogP contribution in [0.4, 0.5) is 5.69 Å². The average molecular weight is 365 g/mol. The highest BCUT2D eigenvalue weighted by Gasteiger charge is 2.11. The van der Waals surface area contributed by atoms with Crippen LogP contribution in [-0.4, -0.2) is 5.91 Å². The molecule has 0 fully saturated rings. The normalized spacial score (nSPS) is 10.6. The number of rotatable bonds is 5. The number of benzene rings is 2. The van der Waals surface area contributed by atoms with Crippen LogP contribution in [0.5, 0.6) is 5.75 Å². The van der Waals surface area contributed by atoms with Crippen molar-refractivity contribution in [1.29, 1.82) is 0 Å². The Kier molecular flexibility index (Phi) is 5.43. The largest absolute Gasteiger partial charge is 0.488 e. The van der Waals surface area contributed by atoms with Gasteiger partial charge in [-0.3, -0.25) is 4.79 Å². The summed E-state index contributed by atoms with van der Waals surface area (Å²) >= 11 is 1.43. The molecule has 0 aliphatic carbocycles. The standard InChI is InChI=1S/C22H23NO2S/c1-14-5-7-19(8-6-14)23-22(24)20-11-18(13-26-20)12-25-21-16(3)9-15(2)10-17(21)4/h5-11,13H,12H2,1-4H3,(H,23,24). The fourth-order valence-corrected chi connectivity index (χ4v) is 3.74. The first-order valence-corrected chi connectivity index (χ1v) is 9.46. The molecule has 0 saturated heterocycles. The Labute approximate surface area is 158 Å². The van der Waals surface area contributed by atoms with E-state index in [4.69, 9.17) is 4.74 Å². The molecule has 1 heterocycles. The third-order valence-corrected chi connectivity index (χ3v) is 5.15. The Morgan fingerprint density at radius 1 is 0.962 bits per heavy atom. The van der Waals surface area contributed by atoms with Crippen LogP contribution in [0.3, 0.4) is 0 Å². The molecule has 0 radical (unpaired) electrons. The van der Waals surface area contributed by atoms with E-state index in [1.807, 2.05) is 42.6 Å². The maximum Gasteiger partial charge on any atom is 0.265 e. The van der Waals surface area contributed by atoms with Gasteiger partial charge in [0.1, 0.15) is 12.4 Å². The van der Waals surface area contributed by atoms with Gasteiger partial charge < -0.3 is 10.1 Å². The number of carbonyl (C=O) groups is 1. The van der Waals surface area contributed by atoms with Crippen LogP contribution in [0.15, 0.2) is 47.8 Å². The highest BCUT2D eigenvalue weighted by atomic mass is 32.1. The van der Waals surface area contributed by atoms with Gasteiger partial charge in [0.25, 0.3) is 5.91 Å². The highest BCUT2D eigenvalue weighted by Crippen LogP contribution is 2.26. The number of amides is 1. The number of ether oxygens (including phenoxy) is 1. The highest BCUT2D eigenvalue weighted by molar-refractivity contribution is 7.12. The van der Waals surface area contributed by atoms with Crippen LogP contribution in [0.1, 0.15) is 37.5 Å². The van der Waals surface area contributed by atoms with Crippen molar-refractivity contribution in [3.8, 4) is 5.75 Å². The zero-order valence-corrected chi connectivity index (χ0v) is 16.4. The lowest BCUT2D eigenvalue weighted by Gasteiger charge is -2.12. The van der Waals surface area contributed by atoms with Crippen molar-refractivity contribution < 1.29 is 9.53 Å². The molecular weight excluding hydrogens is 342 g/mol. The zero-order valence-electron chi connectivity index (χ0n) is 15.6. The summed E-state index contributed by atoms with van der Waals surface area (Å²) in [5.74, 6) is 0.834. The van der Waals surface area contributed by atoms with Gasteiger partial charge in [-0.2, -0.15) is 0 Å². The molecule has 0 atom stereocenters. The van der Waals surface area contributed by atoms with Crippen LogP contribution in [0.25, 0.3) is 0 Å². The fourth-order valence-electron chi connectivity index (χ4n) is 2.95. The Balaban J connectivity index is 1.64. The minimum atomic E-state index is -0.0900. The van der Waals surface area contributed by atoms with E-state index >= 15 is 0 Å². The second kappa shape index (κ2) is 7.75. The summed E-state index contributed by atoms with van der Waals surface area (Å²) in [6, 6.07) is 13.9. The molecule has 1 aromatic heterocycles. The summed E-state index contributed by atoms with van der Waals surface area (Å²) in [7, 11) is 0. The molecule has 134 valence electrons. The number of nitrogens with one attached hydrogen (secondary N) is 1. The molecule has 0 bridgehead atoms. The van der Waals surface area contributed by atoms with Crippen LogP contribution in [-0.2, 0) is 6.61 Å². The number of aryl methyl sites for hydroxylation is 4. The molecule has 3 aromatic rings. The van der Waals surface area contributed by atoms with Gasteiger partial charge in [-0.05, 0) is 62.4 Å². The molecule has 0 unspecified atom stereocenters. The molecule has 4 heteroatoms. The second-order valence-corrected chi connectivity index (χ2v) is 7.57. The van der Waals surface area contributed by atoms with Crippen molar-refractivity contribution in [2.45, 2.75) is 34.3 Å². The Hall–Kier alpha value is -2.59. The van der Waals surface area contributed by atoms with Crippen molar-refractivity contribution in [1.82, 2.24) is 0 Å². The maximum absolute atomic E-state index is 12.4. The third-order valence-electron chi connectivity index (χ3n) is 4.17. The molecule has 0 saturated carbocycles. The summed E-state index contributed by atoms with van der Waals surface area (Å²) in [6.07, 6.45) is 0. The van der Waals surface area contributed by atoms with Gasteiger partial charge in [0.05, 0.1) is 4.88 Å². The smallest absolute Gasteiger partial charge is 0.265 e. The zero-order chi connectivity index (χ0) is 18.7. The van der Waals surface area contributed by atoms with Crippen molar-refractivity contribution in [3.63, 3.8) is 0 Å². The molecule has 3 rings (SSSR count). The predicted molar refractivity (Wildman–Crippen MR) is 108 cm³/mol. The minimum Gasteiger partial charge on any atom is -0.488 e.